The van der Waals surface area contributed by atoms with Crippen LogP contribution in [0.2, 0.25) is 10.0 Å². The van der Waals surface area contributed by atoms with Crippen LogP contribution in [0, 0.1) is 11.6 Å². The number of carbonyl (C=O) groups is 1. The van der Waals surface area contributed by atoms with Gasteiger partial charge in [0.25, 0.3) is 0 Å². The first-order chi connectivity index (χ1) is 14.7. The van der Waals surface area contributed by atoms with E-state index in [4.69, 9.17) is 23.2 Å². The maximum atomic E-state index is 14.0. The Balaban J connectivity index is 1.93. The number of anilines is 1. The van der Waals surface area contributed by atoms with Crippen molar-refractivity contribution < 1.29 is 22.0 Å². The van der Waals surface area contributed by atoms with Gasteiger partial charge in [-0.05, 0) is 42.3 Å². The van der Waals surface area contributed by atoms with Gasteiger partial charge in [-0.15, -0.1) is 0 Å². The molecule has 3 aromatic rings. The maximum absolute atomic E-state index is 14.0. The Hall–Kier alpha value is -2.52. The molecule has 0 saturated heterocycles. The third-order valence-corrected chi connectivity index (χ3v) is 6.45. The van der Waals surface area contributed by atoms with Crippen LogP contribution in [-0.2, 0) is 21.2 Å². The molecule has 1 amide bonds. The number of sulfonamides is 1. The SMILES string of the molecule is O=C(Nc1cc(F)ccc1F)[C@H](Cc1ccccc1)NS(=O)(=O)c1cc(Cl)ccc1Cl. The van der Waals surface area contributed by atoms with Gasteiger partial charge in [-0.25, -0.2) is 17.2 Å². The highest BCUT2D eigenvalue weighted by molar-refractivity contribution is 7.89. The van der Waals surface area contributed by atoms with Crippen molar-refractivity contribution in [3.8, 4) is 0 Å². The molecule has 3 rings (SSSR count). The van der Waals surface area contributed by atoms with Crippen LogP contribution in [0.15, 0.2) is 71.6 Å². The standard InChI is InChI=1S/C21H16Cl2F2N2O3S/c22-14-6-8-16(23)20(11-14)31(29,30)27-19(10-13-4-2-1-3-5-13)21(28)26-18-12-15(24)7-9-17(18)25/h1-9,11-12,19,27H,10H2,(H,26,28)/t19-/m0/s1. The van der Waals surface area contributed by atoms with Gasteiger partial charge in [-0.1, -0.05) is 53.5 Å². The Bertz CT molecular complexity index is 1210. The largest absolute Gasteiger partial charge is 0.322 e. The highest BCUT2D eigenvalue weighted by Gasteiger charge is 2.28. The van der Waals surface area contributed by atoms with Crippen molar-refractivity contribution in [1.29, 1.82) is 0 Å². The van der Waals surface area contributed by atoms with Gasteiger partial charge in [0.1, 0.15) is 22.6 Å². The molecule has 0 spiro atoms. The zero-order valence-corrected chi connectivity index (χ0v) is 18.1. The summed E-state index contributed by atoms with van der Waals surface area (Å²) in [5, 5.41) is 2.28. The second kappa shape index (κ2) is 9.74. The summed E-state index contributed by atoms with van der Waals surface area (Å²) < 4.78 is 55.5. The van der Waals surface area contributed by atoms with Crippen molar-refractivity contribution in [2.24, 2.45) is 0 Å². The molecule has 0 aliphatic heterocycles. The van der Waals surface area contributed by atoms with Crippen LogP contribution >= 0.6 is 23.2 Å². The number of carbonyl (C=O) groups excluding carboxylic acids is 1. The zero-order chi connectivity index (χ0) is 22.6. The summed E-state index contributed by atoms with van der Waals surface area (Å²) >= 11 is 11.9. The van der Waals surface area contributed by atoms with E-state index >= 15 is 0 Å². The second-order valence-corrected chi connectivity index (χ2v) is 9.08. The Morgan fingerprint density at radius 1 is 0.968 bits per heavy atom. The van der Waals surface area contributed by atoms with Gasteiger partial charge >= 0.3 is 0 Å². The molecule has 5 nitrogen and oxygen atoms in total. The molecular formula is C21H16Cl2F2N2O3S. The van der Waals surface area contributed by atoms with Crippen molar-refractivity contribution in [3.63, 3.8) is 0 Å². The number of nitrogens with one attached hydrogen (secondary N) is 2. The first kappa shape index (κ1) is 23.1. The molecule has 10 heteroatoms. The zero-order valence-electron chi connectivity index (χ0n) is 15.8. The van der Waals surface area contributed by atoms with Crippen molar-refractivity contribution in [2.45, 2.75) is 17.4 Å². The number of amides is 1. The lowest BCUT2D eigenvalue weighted by Gasteiger charge is -2.19. The quantitative estimate of drug-likeness (QED) is 0.505. The topological polar surface area (TPSA) is 75.3 Å². The predicted octanol–water partition coefficient (Wildman–Crippen LogP) is 4.80. The third kappa shape index (κ3) is 6.01. The number of halogens is 4. The van der Waals surface area contributed by atoms with Crippen LogP contribution in [0.4, 0.5) is 14.5 Å². The summed E-state index contributed by atoms with van der Waals surface area (Å²) in [4.78, 5) is 12.5. The van der Waals surface area contributed by atoms with Crippen molar-refractivity contribution >= 4 is 44.8 Å². The highest BCUT2D eigenvalue weighted by Crippen LogP contribution is 2.25. The minimum atomic E-state index is -4.28. The van der Waals surface area contributed by atoms with Crippen molar-refractivity contribution in [2.75, 3.05) is 5.32 Å². The molecule has 31 heavy (non-hydrogen) atoms. The first-order valence-electron chi connectivity index (χ1n) is 8.93. The minimum absolute atomic E-state index is 0.0545. The Labute approximate surface area is 188 Å². The molecule has 0 radical (unpaired) electrons. The van der Waals surface area contributed by atoms with E-state index in [1.807, 2.05) is 0 Å². The molecule has 0 aliphatic rings. The van der Waals surface area contributed by atoms with Crippen molar-refractivity contribution in [3.05, 3.63) is 94.0 Å². The summed E-state index contributed by atoms with van der Waals surface area (Å²) in [7, 11) is -4.28. The lowest BCUT2D eigenvalue weighted by atomic mass is 10.1. The fourth-order valence-electron chi connectivity index (χ4n) is 2.78. The molecule has 162 valence electrons. The van der Waals surface area contributed by atoms with E-state index < -0.39 is 39.3 Å². The van der Waals surface area contributed by atoms with E-state index in [1.165, 1.54) is 12.1 Å². The van der Waals surface area contributed by atoms with E-state index in [-0.39, 0.29) is 21.4 Å². The van der Waals surface area contributed by atoms with Gasteiger partial charge in [-0.2, -0.15) is 4.72 Å². The monoisotopic (exact) mass is 484 g/mol. The summed E-state index contributed by atoms with van der Waals surface area (Å²) in [6.07, 6.45) is -0.0545. The summed E-state index contributed by atoms with van der Waals surface area (Å²) in [6, 6.07) is 13.7. The fourth-order valence-corrected chi connectivity index (χ4v) is 4.74. The van der Waals surface area contributed by atoms with E-state index in [2.05, 4.69) is 10.0 Å². The molecule has 0 bridgehead atoms. The molecule has 0 aromatic heterocycles. The van der Waals surface area contributed by atoms with Gasteiger partial charge in [0, 0.05) is 11.1 Å². The molecule has 0 aliphatic carbocycles. The Morgan fingerprint density at radius 2 is 1.68 bits per heavy atom. The average molecular weight is 485 g/mol. The Morgan fingerprint density at radius 3 is 2.39 bits per heavy atom. The molecule has 0 heterocycles. The number of rotatable bonds is 7. The van der Waals surface area contributed by atoms with Gasteiger partial charge in [-0.3, -0.25) is 4.79 Å². The molecule has 0 fully saturated rings. The van der Waals surface area contributed by atoms with Crippen LogP contribution in [0.5, 0.6) is 0 Å². The molecule has 2 N–H and O–H groups in total. The smallest absolute Gasteiger partial charge is 0.242 e. The van der Waals surface area contributed by atoms with Gasteiger partial charge in [0.05, 0.1) is 10.7 Å². The summed E-state index contributed by atoms with van der Waals surface area (Å²) in [5.41, 5.74) is 0.227. The normalized spacial score (nSPS) is 12.4. The first-order valence-corrected chi connectivity index (χ1v) is 11.2. The van der Waals surface area contributed by atoms with E-state index in [0.29, 0.717) is 5.56 Å². The lowest BCUT2D eigenvalue weighted by Crippen LogP contribution is -2.45. The van der Waals surface area contributed by atoms with E-state index in [1.54, 1.807) is 30.3 Å². The molecule has 1 atom stereocenters. The Kier molecular flexibility index (Phi) is 7.27. The van der Waals surface area contributed by atoms with Crippen LogP contribution < -0.4 is 10.0 Å². The number of hydrogen-bond acceptors (Lipinski definition) is 3. The predicted molar refractivity (Wildman–Crippen MR) is 116 cm³/mol. The van der Waals surface area contributed by atoms with Crippen LogP contribution in [0.1, 0.15) is 5.56 Å². The number of hydrogen-bond donors (Lipinski definition) is 2. The summed E-state index contributed by atoms with van der Waals surface area (Å²) in [5.74, 6) is -2.51. The minimum Gasteiger partial charge on any atom is -0.322 e. The van der Waals surface area contributed by atoms with Gasteiger partial charge in [0.2, 0.25) is 15.9 Å². The van der Waals surface area contributed by atoms with E-state index in [9.17, 15) is 22.0 Å². The van der Waals surface area contributed by atoms with Crippen molar-refractivity contribution in [1.82, 2.24) is 4.72 Å². The van der Waals surface area contributed by atoms with Gasteiger partial charge in [0.15, 0.2) is 0 Å². The summed E-state index contributed by atoms with van der Waals surface area (Å²) in [6.45, 7) is 0. The van der Waals surface area contributed by atoms with Crippen LogP contribution in [-0.4, -0.2) is 20.4 Å². The molecular weight excluding hydrogens is 469 g/mol. The van der Waals surface area contributed by atoms with Gasteiger partial charge < -0.3 is 5.32 Å². The fraction of sp³-hybridized carbons (Fsp3) is 0.0952. The highest BCUT2D eigenvalue weighted by atomic mass is 35.5. The average Bonchev–Trinajstić information content (AvgIpc) is 2.72. The second-order valence-electron chi connectivity index (χ2n) is 6.55. The third-order valence-electron chi connectivity index (χ3n) is 4.27. The van der Waals surface area contributed by atoms with E-state index in [0.717, 1.165) is 24.3 Å². The van der Waals surface area contributed by atoms with Crippen LogP contribution in [0.3, 0.4) is 0 Å². The maximum Gasteiger partial charge on any atom is 0.242 e. The lowest BCUT2D eigenvalue weighted by molar-refractivity contribution is -0.117. The number of benzene rings is 3. The van der Waals surface area contributed by atoms with Crippen LogP contribution in [0.25, 0.3) is 0 Å². The molecule has 0 unspecified atom stereocenters. The molecule has 3 aromatic carbocycles. The molecule has 0 saturated carbocycles.